The number of rotatable bonds is 0. The van der Waals surface area contributed by atoms with Gasteiger partial charge in [-0.05, 0) is 166 Å². The average Bonchev–Trinajstić information content (AvgIpc) is 3.29. The summed E-state index contributed by atoms with van der Waals surface area (Å²) >= 11 is 0. The third kappa shape index (κ3) is 5.65. The Balaban J connectivity index is 0.926. The van der Waals surface area contributed by atoms with E-state index in [4.69, 9.17) is 0 Å². The second-order valence-electron chi connectivity index (χ2n) is 21.9. The highest BCUT2D eigenvalue weighted by molar-refractivity contribution is 6.08. The van der Waals surface area contributed by atoms with Gasteiger partial charge in [-0.1, -0.05) is 97.1 Å². The SMILES string of the molecule is O=C1NCc2c3ccccc3c(c3ccccc23)CNC(=O)C23CC4CC(C2)CC(C4)(C3)C(=O)NCc2c3ccccc3c(c3ccccc23)CNC(=O)C23CC4CC(CC1(C4)C2)C3. The summed E-state index contributed by atoms with van der Waals surface area (Å²) in [6.45, 7) is 1.54. The fraction of sp³-hybridized carbons (Fsp3) is 0.429. The Hall–Kier alpha value is -5.76. The van der Waals surface area contributed by atoms with Crippen molar-refractivity contribution in [3.8, 4) is 0 Å². The number of carbonyl (C=O) groups is 4. The highest BCUT2D eigenvalue weighted by Crippen LogP contribution is 2.67. The van der Waals surface area contributed by atoms with Crippen LogP contribution in [-0.4, -0.2) is 23.6 Å². The van der Waals surface area contributed by atoms with Gasteiger partial charge in [-0.3, -0.25) is 19.2 Å². The first-order valence-corrected chi connectivity index (χ1v) is 24.1. The number of benzene rings is 6. The van der Waals surface area contributed by atoms with Crippen molar-refractivity contribution in [1.29, 1.82) is 0 Å². The van der Waals surface area contributed by atoms with Gasteiger partial charge in [0.25, 0.3) is 0 Å². The lowest BCUT2D eigenvalue weighted by atomic mass is 9.43. The molecule has 8 nitrogen and oxygen atoms in total. The van der Waals surface area contributed by atoms with E-state index in [-0.39, 0.29) is 23.6 Å². The quantitative estimate of drug-likeness (QED) is 0.114. The van der Waals surface area contributed by atoms with Gasteiger partial charge in [0.2, 0.25) is 23.6 Å². The van der Waals surface area contributed by atoms with Gasteiger partial charge in [-0.15, -0.1) is 0 Å². The molecule has 324 valence electrons. The highest BCUT2D eigenvalue weighted by Gasteiger charge is 2.64. The lowest BCUT2D eigenvalue weighted by molar-refractivity contribution is -0.168. The van der Waals surface area contributed by atoms with Gasteiger partial charge in [0.15, 0.2) is 0 Å². The van der Waals surface area contributed by atoms with Gasteiger partial charge in [-0.2, -0.15) is 0 Å². The molecule has 1 aliphatic heterocycles. The predicted molar refractivity (Wildman–Crippen MR) is 249 cm³/mol. The number of hydrogen-bond donors (Lipinski definition) is 4. The predicted octanol–water partition coefficient (Wildman–Crippen LogP) is 9.65. The number of carbonyl (C=O) groups excluding carboxylic acids is 4. The molecule has 0 unspecified atom stereocenters. The van der Waals surface area contributed by atoms with E-state index < -0.39 is 21.7 Å². The molecular weight excluding hydrogens is 793 g/mol. The van der Waals surface area contributed by atoms with Crippen LogP contribution in [-0.2, 0) is 45.4 Å². The van der Waals surface area contributed by atoms with Crippen molar-refractivity contribution in [1.82, 2.24) is 21.3 Å². The Morgan fingerprint density at radius 2 is 0.500 bits per heavy atom. The molecule has 15 rings (SSSR count). The maximum absolute atomic E-state index is 14.9. The van der Waals surface area contributed by atoms with Gasteiger partial charge in [0, 0.05) is 26.2 Å². The first-order chi connectivity index (χ1) is 31.1. The lowest BCUT2D eigenvalue weighted by Gasteiger charge is -2.60. The van der Waals surface area contributed by atoms with E-state index in [1.165, 1.54) is 0 Å². The van der Waals surface area contributed by atoms with Gasteiger partial charge >= 0.3 is 0 Å². The Kier molecular flexibility index (Phi) is 8.38. The fourth-order valence-electron chi connectivity index (χ4n) is 16.4. The Bertz CT molecular complexity index is 2490. The third-order valence-electron chi connectivity index (χ3n) is 18.1. The number of nitrogens with one attached hydrogen (secondary N) is 4. The van der Waals surface area contributed by atoms with Crippen molar-refractivity contribution in [3.05, 3.63) is 119 Å². The number of fused-ring (bicyclic) bond motifs is 6. The number of amides is 4. The maximum atomic E-state index is 14.9. The molecule has 12 bridgehead atoms. The molecule has 4 amide bonds. The summed E-state index contributed by atoms with van der Waals surface area (Å²) in [5, 5.41) is 22.6. The molecule has 8 aliphatic carbocycles. The zero-order chi connectivity index (χ0) is 43.0. The van der Waals surface area contributed by atoms with Crippen LogP contribution in [0.2, 0.25) is 0 Å². The van der Waals surface area contributed by atoms with E-state index in [1.54, 1.807) is 0 Å². The van der Waals surface area contributed by atoms with Crippen LogP contribution in [0.15, 0.2) is 97.1 Å². The van der Waals surface area contributed by atoms with Crippen LogP contribution in [0.25, 0.3) is 43.1 Å². The van der Waals surface area contributed by atoms with Crippen molar-refractivity contribution in [2.24, 2.45) is 45.3 Å². The summed E-state index contributed by atoms with van der Waals surface area (Å²) < 4.78 is 0. The minimum absolute atomic E-state index is 0.0812. The normalized spacial score (nSPS) is 33.5. The van der Waals surface area contributed by atoms with Crippen molar-refractivity contribution in [2.75, 3.05) is 0 Å². The van der Waals surface area contributed by atoms with Crippen molar-refractivity contribution < 1.29 is 19.2 Å². The van der Waals surface area contributed by atoms with Gasteiger partial charge in [-0.25, -0.2) is 0 Å². The molecule has 4 spiro atoms. The van der Waals surface area contributed by atoms with Crippen LogP contribution < -0.4 is 21.3 Å². The standard InChI is InChI=1S/C56H56N4O4/c61-49-53-19-33-17-34(20-53)24-55(23-33,31-53)51(63)59-29-47-41-13-5-7-15-43(41)48(44-16-8-6-14-42(44)47)30-60-52(64)56-25-35-18-36(26-56)22-54(21-35,32-56)50(62)58-28-46-38-10-2-1-9-37(38)45(27-57-49)39-11-3-4-12-40(39)46/h1-16,33-36H,17-32H2,(H,57,61)(H,58,62)(H,59,63)(H,60,64). The molecule has 0 atom stereocenters. The van der Waals surface area contributed by atoms with Crippen LogP contribution in [0.1, 0.15) is 99.3 Å². The molecule has 0 aromatic heterocycles. The Morgan fingerprint density at radius 3 is 0.688 bits per heavy atom. The molecule has 9 aliphatic rings. The van der Waals surface area contributed by atoms with Crippen molar-refractivity contribution in [3.63, 3.8) is 0 Å². The Labute approximate surface area is 373 Å². The summed E-state index contributed by atoms with van der Waals surface area (Å²) in [6, 6.07) is 33.7. The second kappa shape index (κ2) is 13.9. The second-order valence-corrected chi connectivity index (χ2v) is 21.9. The molecule has 4 N–H and O–H groups in total. The molecule has 6 aromatic carbocycles. The smallest absolute Gasteiger partial charge is 0.226 e. The topological polar surface area (TPSA) is 116 Å². The van der Waals surface area contributed by atoms with Crippen LogP contribution in [0.3, 0.4) is 0 Å². The summed E-state index contributed by atoms with van der Waals surface area (Å²) in [5.74, 6) is 1.72. The first-order valence-electron chi connectivity index (χ1n) is 24.1. The van der Waals surface area contributed by atoms with Crippen LogP contribution in [0.5, 0.6) is 0 Å². The molecule has 8 saturated carbocycles. The Morgan fingerprint density at radius 1 is 0.312 bits per heavy atom. The van der Waals surface area contributed by atoms with Gasteiger partial charge in [0.1, 0.15) is 0 Å². The monoisotopic (exact) mass is 848 g/mol. The molecule has 0 radical (unpaired) electrons. The van der Waals surface area contributed by atoms with Crippen LogP contribution in [0.4, 0.5) is 0 Å². The summed E-state index contributed by atoms with van der Waals surface area (Å²) in [6.07, 6.45) is 10.0. The van der Waals surface area contributed by atoms with Crippen LogP contribution in [0, 0.1) is 45.3 Å². The highest BCUT2D eigenvalue weighted by atomic mass is 16.2. The van der Waals surface area contributed by atoms with Crippen LogP contribution >= 0.6 is 0 Å². The largest absolute Gasteiger partial charge is 0.351 e. The molecule has 6 aromatic rings. The lowest BCUT2D eigenvalue weighted by Crippen LogP contribution is -2.61. The maximum Gasteiger partial charge on any atom is 0.226 e. The van der Waals surface area contributed by atoms with Crippen molar-refractivity contribution in [2.45, 2.75) is 103 Å². The van der Waals surface area contributed by atoms with E-state index in [1.807, 2.05) is 0 Å². The minimum atomic E-state index is -0.580. The zero-order valence-electron chi connectivity index (χ0n) is 36.5. The molecule has 8 fully saturated rings. The minimum Gasteiger partial charge on any atom is -0.351 e. The number of hydrogen-bond acceptors (Lipinski definition) is 4. The van der Waals surface area contributed by atoms with E-state index in [9.17, 15) is 19.2 Å². The van der Waals surface area contributed by atoms with Gasteiger partial charge in [0.05, 0.1) is 21.7 Å². The molecule has 8 heteroatoms. The molecular formula is C56H56N4O4. The molecule has 64 heavy (non-hydrogen) atoms. The third-order valence-corrected chi connectivity index (χ3v) is 18.1. The zero-order valence-corrected chi connectivity index (χ0v) is 36.5. The fourth-order valence-corrected chi connectivity index (χ4v) is 16.4. The van der Waals surface area contributed by atoms with E-state index in [2.05, 4.69) is 118 Å². The summed E-state index contributed by atoms with van der Waals surface area (Å²) in [7, 11) is 0. The summed E-state index contributed by atoms with van der Waals surface area (Å²) in [4.78, 5) is 59.5. The van der Waals surface area contributed by atoms with E-state index in [0.29, 0.717) is 62.7 Å². The van der Waals surface area contributed by atoms with E-state index >= 15 is 0 Å². The first kappa shape index (κ1) is 38.7. The molecule has 1 heterocycles. The van der Waals surface area contributed by atoms with Gasteiger partial charge < -0.3 is 21.3 Å². The average molecular weight is 849 g/mol. The molecule has 0 saturated heterocycles. The van der Waals surface area contributed by atoms with Crippen molar-refractivity contribution >= 4 is 66.7 Å². The van der Waals surface area contributed by atoms with E-state index in [0.717, 1.165) is 130 Å². The summed E-state index contributed by atoms with van der Waals surface area (Å²) in [5.41, 5.74) is 1.99.